The van der Waals surface area contributed by atoms with Crippen LogP contribution in [0.2, 0.25) is 0 Å². The van der Waals surface area contributed by atoms with Crippen LogP contribution in [0, 0.1) is 0 Å². The number of rotatable bonds is 4. The zero-order valence-electron chi connectivity index (χ0n) is 7.59. The van der Waals surface area contributed by atoms with Gasteiger partial charge in [-0.15, -0.1) is 0 Å². The molecular weight excluding hydrogens is 214 g/mol. The largest absolute Gasteiger partial charge is 0.435 e. The van der Waals surface area contributed by atoms with Crippen molar-refractivity contribution in [3.63, 3.8) is 0 Å². The maximum atomic E-state index is 13.0. The second kappa shape index (κ2) is 4.48. The van der Waals surface area contributed by atoms with Gasteiger partial charge in [0, 0.05) is 5.56 Å². The molecule has 84 valence electrons. The van der Waals surface area contributed by atoms with Gasteiger partial charge in [-0.1, -0.05) is 0 Å². The van der Waals surface area contributed by atoms with Crippen molar-refractivity contribution in [1.29, 1.82) is 0 Å². The van der Waals surface area contributed by atoms with Gasteiger partial charge in [0.2, 0.25) is 0 Å². The standard InChI is InChI=1S/C9H9F4NO/c10-8(11)15-7-3-1-6(2-4-7)9(12,13)5-14/h1-4,8H,5,14H2. The van der Waals surface area contributed by atoms with Crippen LogP contribution in [-0.2, 0) is 5.92 Å². The molecule has 1 rings (SSSR count). The van der Waals surface area contributed by atoms with Gasteiger partial charge in [-0.3, -0.25) is 0 Å². The molecule has 1 aromatic rings. The highest BCUT2D eigenvalue weighted by Crippen LogP contribution is 2.28. The summed E-state index contributed by atoms with van der Waals surface area (Å²) in [5.74, 6) is -3.31. The summed E-state index contributed by atoms with van der Waals surface area (Å²) in [4.78, 5) is 0. The summed E-state index contributed by atoms with van der Waals surface area (Å²) in [6, 6.07) is 4.10. The fourth-order valence-corrected chi connectivity index (χ4v) is 0.998. The summed E-state index contributed by atoms with van der Waals surface area (Å²) < 4.78 is 53.4. The average molecular weight is 223 g/mol. The normalized spacial score (nSPS) is 11.9. The third-order valence-corrected chi connectivity index (χ3v) is 1.76. The van der Waals surface area contributed by atoms with Gasteiger partial charge in [-0.2, -0.15) is 17.6 Å². The van der Waals surface area contributed by atoms with E-state index in [9.17, 15) is 17.6 Å². The molecule has 0 heterocycles. The Kier molecular flexibility index (Phi) is 3.52. The van der Waals surface area contributed by atoms with Crippen LogP contribution in [0.3, 0.4) is 0 Å². The Balaban J connectivity index is 2.81. The first-order valence-electron chi connectivity index (χ1n) is 4.09. The zero-order valence-corrected chi connectivity index (χ0v) is 7.59. The summed E-state index contributed by atoms with van der Waals surface area (Å²) in [7, 11) is 0. The quantitative estimate of drug-likeness (QED) is 0.795. The van der Waals surface area contributed by atoms with E-state index in [-0.39, 0.29) is 11.3 Å². The van der Waals surface area contributed by atoms with Crippen LogP contribution in [0.25, 0.3) is 0 Å². The Morgan fingerprint density at radius 2 is 1.73 bits per heavy atom. The summed E-state index contributed by atoms with van der Waals surface area (Å²) in [6.45, 7) is -3.80. The minimum Gasteiger partial charge on any atom is -0.435 e. The molecule has 0 amide bonds. The van der Waals surface area contributed by atoms with E-state index in [1.807, 2.05) is 0 Å². The van der Waals surface area contributed by atoms with Crippen molar-refractivity contribution in [2.45, 2.75) is 12.5 Å². The van der Waals surface area contributed by atoms with E-state index >= 15 is 0 Å². The predicted molar refractivity (Wildman–Crippen MR) is 46.0 cm³/mol. The Bertz CT molecular complexity index is 312. The summed E-state index contributed by atoms with van der Waals surface area (Å²) in [6.07, 6.45) is 0. The SMILES string of the molecule is NCC(F)(F)c1ccc(OC(F)F)cc1. The first-order chi connectivity index (χ1) is 6.95. The maximum Gasteiger partial charge on any atom is 0.387 e. The molecule has 0 bridgehead atoms. The van der Waals surface area contributed by atoms with Crippen LogP contribution in [0.5, 0.6) is 5.75 Å². The first-order valence-corrected chi connectivity index (χ1v) is 4.09. The van der Waals surface area contributed by atoms with Crippen LogP contribution >= 0.6 is 0 Å². The van der Waals surface area contributed by atoms with E-state index in [2.05, 4.69) is 4.74 Å². The molecule has 6 heteroatoms. The molecule has 0 aliphatic heterocycles. The van der Waals surface area contributed by atoms with Gasteiger partial charge >= 0.3 is 6.61 Å². The Morgan fingerprint density at radius 3 is 2.13 bits per heavy atom. The number of alkyl halides is 4. The molecule has 0 unspecified atom stereocenters. The molecule has 2 nitrogen and oxygen atoms in total. The van der Waals surface area contributed by atoms with Crippen LogP contribution in [-0.4, -0.2) is 13.2 Å². The lowest BCUT2D eigenvalue weighted by Crippen LogP contribution is -2.24. The van der Waals surface area contributed by atoms with Crippen LogP contribution in [0.15, 0.2) is 24.3 Å². The Hall–Kier alpha value is -1.30. The molecule has 0 spiro atoms. The minimum atomic E-state index is -3.15. The number of nitrogens with two attached hydrogens (primary N) is 1. The summed E-state index contributed by atoms with van der Waals surface area (Å²) in [5, 5.41) is 0. The Morgan fingerprint density at radius 1 is 1.20 bits per heavy atom. The fourth-order valence-electron chi connectivity index (χ4n) is 0.998. The number of hydrogen-bond acceptors (Lipinski definition) is 2. The van der Waals surface area contributed by atoms with Crippen molar-refractivity contribution in [2.24, 2.45) is 5.73 Å². The molecule has 1 aromatic carbocycles. The van der Waals surface area contributed by atoms with E-state index in [1.165, 1.54) is 0 Å². The molecule has 0 aliphatic carbocycles. The van der Waals surface area contributed by atoms with Gasteiger partial charge in [0.05, 0.1) is 6.54 Å². The van der Waals surface area contributed by atoms with Gasteiger partial charge in [0.25, 0.3) is 5.92 Å². The second-order valence-electron chi connectivity index (χ2n) is 2.81. The van der Waals surface area contributed by atoms with E-state index < -0.39 is 19.1 Å². The van der Waals surface area contributed by atoms with Gasteiger partial charge in [0.15, 0.2) is 0 Å². The lowest BCUT2D eigenvalue weighted by Gasteiger charge is -2.14. The molecule has 0 fully saturated rings. The number of benzene rings is 1. The van der Waals surface area contributed by atoms with Crippen molar-refractivity contribution in [2.75, 3.05) is 6.54 Å². The summed E-state index contributed by atoms with van der Waals surface area (Å²) in [5.41, 5.74) is 4.53. The topological polar surface area (TPSA) is 35.2 Å². The highest BCUT2D eigenvalue weighted by molar-refractivity contribution is 5.29. The second-order valence-corrected chi connectivity index (χ2v) is 2.81. The van der Waals surface area contributed by atoms with Gasteiger partial charge in [0.1, 0.15) is 5.75 Å². The smallest absolute Gasteiger partial charge is 0.387 e. The monoisotopic (exact) mass is 223 g/mol. The maximum absolute atomic E-state index is 13.0. The van der Waals surface area contributed by atoms with Crippen molar-refractivity contribution in [3.05, 3.63) is 29.8 Å². The number of hydrogen-bond donors (Lipinski definition) is 1. The van der Waals surface area contributed by atoms with Crippen molar-refractivity contribution in [1.82, 2.24) is 0 Å². The first kappa shape index (κ1) is 11.8. The minimum absolute atomic E-state index is 0.165. The van der Waals surface area contributed by atoms with Crippen molar-refractivity contribution >= 4 is 0 Å². The Labute approximate surface area is 83.6 Å². The van der Waals surface area contributed by atoms with Crippen LogP contribution in [0.1, 0.15) is 5.56 Å². The number of ether oxygens (including phenoxy) is 1. The summed E-state index contributed by atoms with van der Waals surface area (Å²) >= 11 is 0. The molecule has 0 radical (unpaired) electrons. The van der Waals surface area contributed by atoms with Gasteiger partial charge in [-0.25, -0.2) is 0 Å². The molecule has 15 heavy (non-hydrogen) atoms. The lowest BCUT2D eigenvalue weighted by molar-refractivity contribution is -0.0499. The van der Waals surface area contributed by atoms with Crippen LogP contribution < -0.4 is 10.5 Å². The third kappa shape index (κ3) is 3.09. The van der Waals surface area contributed by atoms with Crippen molar-refractivity contribution in [3.8, 4) is 5.75 Å². The fraction of sp³-hybridized carbons (Fsp3) is 0.333. The molecule has 0 aromatic heterocycles. The highest BCUT2D eigenvalue weighted by atomic mass is 19.3. The van der Waals surface area contributed by atoms with E-state index in [1.54, 1.807) is 0 Å². The van der Waals surface area contributed by atoms with E-state index in [0.717, 1.165) is 24.3 Å². The number of halogens is 4. The lowest BCUT2D eigenvalue weighted by atomic mass is 10.1. The third-order valence-electron chi connectivity index (χ3n) is 1.76. The molecule has 0 atom stereocenters. The van der Waals surface area contributed by atoms with Crippen LogP contribution in [0.4, 0.5) is 17.6 Å². The van der Waals surface area contributed by atoms with Gasteiger partial charge in [-0.05, 0) is 24.3 Å². The molecular formula is C9H9F4NO. The van der Waals surface area contributed by atoms with E-state index in [4.69, 9.17) is 5.73 Å². The predicted octanol–water partition coefficient (Wildman–Crippen LogP) is 2.34. The van der Waals surface area contributed by atoms with Gasteiger partial charge < -0.3 is 10.5 Å². The zero-order chi connectivity index (χ0) is 11.5. The average Bonchev–Trinajstić information content (AvgIpc) is 2.18. The molecule has 0 aliphatic rings. The van der Waals surface area contributed by atoms with E-state index in [0.29, 0.717) is 0 Å². The molecule has 0 saturated heterocycles. The molecule has 2 N–H and O–H groups in total. The molecule has 0 saturated carbocycles. The van der Waals surface area contributed by atoms with Crippen molar-refractivity contribution < 1.29 is 22.3 Å². The highest BCUT2D eigenvalue weighted by Gasteiger charge is 2.29.